The van der Waals surface area contributed by atoms with E-state index >= 15 is 0 Å². The fraction of sp³-hybridized carbons (Fsp3) is 0.769. The third kappa shape index (κ3) is 3.45. The van der Waals surface area contributed by atoms with Gasteiger partial charge in [-0.15, -0.1) is 0 Å². The van der Waals surface area contributed by atoms with Crippen molar-refractivity contribution in [3.05, 3.63) is 0 Å². The van der Waals surface area contributed by atoms with E-state index in [0.29, 0.717) is 32.5 Å². The van der Waals surface area contributed by atoms with Crippen LogP contribution in [0.2, 0.25) is 0 Å². The first-order valence-corrected chi connectivity index (χ1v) is 6.75. The van der Waals surface area contributed by atoms with Gasteiger partial charge >= 0.3 is 6.03 Å². The molecule has 6 nitrogen and oxygen atoms in total. The van der Waals surface area contributed by atoms with Crippen LogP contribution in [0.5, 0.6) is 0 Å². The topological polar surface area (TPSA) is 69.7 Å². The van der Waals surface area contributed by atoms with Crippen molar-refractivity contribution in [3.63, 3.8) is 0 Å². The van der Waals surface area contributed by atoms with E-state index in [1.807, 2.05) is 13.8 Å². The minimum absolute atomic E-state index is 0.0660. The highest BCUT2D eigenvalue weighted by molar-refractivity contribution is 6.06. The Bertz CT molecular complexity index is 375. The lowest BCUT2D eigenvalue weighted by molar-refractivity contribution is -0.132. The molecule has 19 heavy (non-hydrogen) atoms. The second-order valence-electron chi connectivity index (χ2n) is 5.18. The average Bonchev–Trinajstić information content (AvgIpc) is 2.52. The first kappa shape index (κ1) is 15.5. The molecule has 1 N–H and O–H groups in total. The molecule has 1 rings (SSSR count). The Labute approximate surface area is 114 Å². The van der Waals surface area contributed by atoms with Crippen molar-refractivity contribution in [2.24, 2.45) is 0 Å². The average molecular weight is 269 g/mol. The number of rotatable bonds is 6. The Morgan fingerprint density at radius 1 is 1.26 bits per heavy atom. The first-order valence-electron chi connectivity index (χ1n) is 6.75. The fourth-order valence-corrected chi connectivity index (χ4v) is 2.14. The number of carbonyl (C=O) groups is 3. The van der Waals surface area contributed by atoms with Crippen molar-refractivity contribution in [2.45, 2.75) is 46.1 Å². The molecule has 0 aromatic heterocycles. The van der Waals surface area contributed by atoms with Crippen molar-refractivity contribution < 1.29 is 14.4 Å². The zero-order valence-corrected chi connectivity index (χ0v) is 12.2. The summed E-state index contributed by atoms with van der Waals surface area (Å²) in [6, 6.07) is -0.370. The number of carbonyl (C=O) groups excluding carboxylic acids is 3. The summed E-state index contributed by atoms with van der Waals surface area (Å²) in [6.07, 6.45) is 0.865. The van der Waals surface area contributed by atoms with Gasteiger partial charge in [-0.2, -0.15) is 0 Å². The normalized spacial score (nSPS) is 17.6. The number of urea groups is 1. The van der Waals surface area contributed by atoms with Crippen molar-refractivity contribution in [2.75, 3.05) is 19.6 Å². The van der Waals surface area contributed by atoms with Gasteiger partial charge in [0.15, 0.2) is 0 Å². The van der Waals surface area contributed by atoms with Gasteiger partial charge in [0.2, 0.25) is 5.91 Å². The Morgan fingerprint density at radius 2 is 1.84 bits per heavy atom. The highest BCUT2D eigenvalue weighted by Crippen LogP contribution is 2.17. The molecule has 0 radical (unpaired) electrons. The molecule has 1 fully saturated rings. The summed E-state index contributed by atoms with van der Waals surface area (Å²) in [4.78, 5) is 38.3. The quantitative estimate of drug-likeness (QED) is 0.730. The van der Waals surface area contributed by atoms with Crippen LogP contribution in [0.3, 0.4) is 0 Å². The maximum Gasteiger partial charge on any atom is 0.325 e. The molecule has 0 saturated carbocycles. The zero-order chi connectivity index (χ0) is 14.6. The van der Waals surface area contributed by atoms with Gasteiger partial charge in [-0.3, -0.25) is 14.5 Å². The fourth-order valence-electron chi connectivity index (χ4n) is 2.14. The summed E-state index contributed by atoms with van der Waals surface area (Å²) in [5, 5.41) is 2.62. The lowest BCUT2D eigenvalue weighted by Gasteiger charge is -2.19. The summed E-state index contributed by atoms with van der Waals surface area (Å²) >= 11 is 0. The monoisotopic (exact) mass is 269 g/mol. The molecule has 0 spiro atoms. The van der Waals surface area contributed by atoms with Crippen LogP contribution < -0.4 is 5.32 Å². The van der Waals surface area contributed by atoms with Gasteiger partial charge in [0, 0.05) is 26.1 Å². The molecule has 1 aliphatic heterocycles. The molecule has 0 aliphatic carbocycles. The maximum atomic E-state index is 11.9. The molecular weight excluding hydrogens is 246 g/mol. The molecule has 6 heteroatoms. The van der Waals surface area contributed by atoms with Gasteiger partial charge in [0.1, 0.15) is 5.54 Å². The number of imide groups is 1. The highest BCUT2D eigenvalue weighted by atomic mass is 16.2. The minimum atomic E-state index is -0.833. The SMILES string of the molecule is CCN(CC)C(=O)CCCN1C(=O)NC(C)(C)C1=O. The summed E-state index contributed by atoms with van der Waals surface area (Å²) in [7, 11) is 0. The van der Waals surface area contributed by atoms with Crippen LogP contribution in [-0.4, -0.2) is 52.8 Å². The number of nitrogens with one attached hydrogen (secondary N) is 1. The van der Waals surface area contributed by atoms with Crippen LogP contribution in [0.1, 0.15) is 40.5 Å². The smallest absolute Gasteiger partial charge is 0.325 e. The number of hydrogen-bond acceptors (Lipinski definition) is 3. The van der Waals surface area contributed by atoms with Crippen molar-refractivity contribution in [3.8, 4) is 0 Å². The molecule has 1 aliphatic rings. The highest BCUT2D eigenvalue weighted by Gasteiger charge is 2.43. The van der Waals surface area contributed by atoms with E-state index in [1.165, 1.54) is 4.90 Å². The van der Waals surface area contributed by atoms with Crippen molar-refractivity contribution in [1.29, 1.82) is 0 Å². The van der Waals surface area contributed by atoms with Crippen LogP contribution in [0, 0.1) is 0 Å². The number of hydrogen-bond donors (Lipinski definition) is 1. The van der Waals surface area contributed by atoms with E-state index in [2.05, 4.69) is 5.32 Å². The Morgan fingerprint density at radius 3 is 2.26 bits per heavy atom. The Kier molecular flexibility index (Phi) is 4.91. The first-order chi connectivity index (χ1) is 8.83. The van der Waals surface area contributed by atoms with E-state index < -0.39 is 5.54 Å². The zero-order valence-electron chi connectivity index (χ0n) is 12.2. The van der Waals surface area contributed by atoms with Gasteiger partial charge in [-0.1, -0.05) is 0 Å². The third-order valence-corrected chi connectivity index (χ3v) is 3.33. The van der Waals surface area contributed by atoms with Crippen LogP contribution in [-0.2, 0) is 9.59 Å². The molecule has 0 aromatic rings. The van der Waals surface area contributed by atoms with E-state index in [4.69, 9.17) is 0 Å². The Hall–Kier alpha value is -1.59. The molecule has 0 atom stereocenters. The van der Waals surface area contributed by atoms with Crippen LogP contribution in [0.15, 0.2) is 0 Å². The second kappa shape index (κ2) is 6.04. The molecule has 108 valence electrons. The molecule has 1 heterocycles. The number of amides is 4. The maximum absolute atomic E-state index is 11.9. The molecule has 0 bridgehead atoms. The van der Waals surface area contributed by atoms with Crippen molar-refractivity contribution >= 4 is 17.8 Å². The van der Waals surface area contributed by atoms with Gasteiger partial charge in [0.05, 0.1) is 0 Å². The predicted octanol–water partition coefficient (Wildman–Crippen LogP) is 0.965. The third-order valence-electron chi connectivity index (χ3n) is 3.33. The number of nitrogens with zero attached hydrogens (tertiary/aromatic N) is 2. The summed E-state index contributed by atoms with van der Waals surface area (Å²) in [6.45, 7) is 8.88. The van der Waals surface area contributed by atoms with Crippen molar-refractivity contribution in [1.82, 2.24) is 15.1 Å². The van der Waals surface area contributed by atoms with Gasteiger partial charge in [-0.05, 0) is 34.1 Å². The van der Waals surface area contributed by atoms with Gasteiger partial charge in [-0.25, -0.2) is 4.79 Å². The standard InChI is InChI=1S/C13H23N3O3/c1-5-15(6-2)10(17)8-7-9-16-11(18)13(3,4)14-12(16)19/h5-9H2,1-4H3,(H,14,19). The van der Waals surface area contributed by atoms with E-state index in [-0.39, 0.29) is 17.8 Å². The molecule has 1 saturated heterocycles. The summed E-state index contributed by atoms with van der Waals surface area (Å²) in [5.74, 6) is -0.163. The summed E-state index contributed by atoms with van der Waals surface area (Å²) in [5.41, 5.74) is -0.833. The largest absolute Gasteiger partial charge is 0.343 e. The minimum Gasteiger partial charge on any atom is -0.343 e. The van der Waals surface area contributed by atoms with E-state index in [0.717, 1.165) is 0 Å². The van der Waals surface area contributed by atoms with E-state index in [1.54, 1.807) is 18.7 Å². The molecule has 0 aromatic carbocycles. The second-order valence-corrected chi connectivity index (χ2v) is 5.18. The summed E-state index contributed by atoms with van der Waals surface area (Å²) < 4.78 is 0. The van der Waals surface area contributed by atoms with Crippen LogP contribution in [0.25, 0.3) is 0 Å². The van der Waals surface area contributed by atoms with Crippen LogP contribution in [0.4, 0.5) is 4.79 Å². The lowest BCUT2D eigenvalue weighted by Crippen LogP contribution is -2.40. The lowest BCUT2D eigenvalue weighted by atomic mass is 10.1. The van der Waals surface area contributed by atoms with Gasteiger partial charge in [0.25, 0.3) is 5.91 Å². The van der Waals surface area contributed by atoms with Crippen LogP contribution >= 0.6 is 0 Å². The Balaban J connectivity index is 2.44. The van der Waals surface area contributed by atoms with Gasteiger partial charge < -0.3 is 10.2 Å². The molecule has 0 unspecified atom stereocenters. The predicted molar refractivity (Wildman–Crippen MR) is 71.5 cm³/mol. The van der Waals surface area contributed by atoms with E-state index in [9.17, 15) is 14.4 Å². The molecular formula is C13H23N3O3. The molecule has 4 amide bonds.